The van der Waals surface area contributed by atoms with Crippen LogP contribution in [0.15, 0.2) is 34.7 Å². The Morgan fingerprint density at radius 2 is 2.14 bits per heavy atom. The van der Waals surface area contributed by atoms with Crippen molar-refractivity contribution in [1.82, 2.24) is 10.0 Å². The summed E-state index contributed by atoms with van der Waals surface area (Å²) in [5.74, 6) is 0. The van der Waals surface area contributed by atoms with Gasteiger partial charge in [-0.3, -0.25) is 10.1 Å². The molecule has 0 fully saturated rings. The summed E-state index contributed by atoms with van der Waals surface area (Å²) in [6.45, 7) is 1.73. The van der Waals surface area contributed by atoms with Crippen molar-refractivity contribution in [2.24, 2.45) is 0 Å². The Morgan fingerprint density at radius 1 is 1.41 bits per heavy atom. The molecule has 1 aliphatic heterocycles. The standard InChI is InChI=1S/C12H14ClN3O4S.ClH/c13-11-7-10(16(17)18)1-2-12(11)21(19,20)15-8-9-3-5-14-6-4-9;/h1-3,7,14-15H,4-6,8H2;1H. The zero-order valence-electron chi connectivity index (χ0n) is 11.4. The second-order valence-corrected chi connectivity index (χ2v) is 6.66. The van der Waals surface area contributed by atoms with E-state index in [2.05, 4.69) is 10.0 Å². The van der Waals surface area contributed by atoms with Gasteiger partial charge in [0.15, 0.2) is 0 Å². The van der Waals surface area contributed by atoms with Crippen LogP contribution in [0.4, 0.5) is 5.69 Å². The Kier molecular flexibility index (Phi) is 6.76. The molecule has 22 heavy (non-hydrogen) atoms. The Morgan fingerprint density at radius 3 is 2.68 bits per heavy atom. The van der Waals surface area contributed by atoms with Crippen molar-refractivity contribution in [2.75, 3.05) is 19.6 Å². The van der Waals surface area contributed by atoms with Crippen molar-refractivity contribution < 1.29 is 13.3 Å². The summed E-state index contributed by atoms with van der Waals surface area (Å²) in [7, 11) is -3.80. The van der Waals surface area contributed by atoms with Crippen molar-refractivity contribution in [3.05, 3.63) is 45.0 Å². The molecule has 122 valence electrons. The molecule has 0 amide bonds. The third-order valence-corrected chi connectivity index (χ3v) is 4.95. The highest BCUT2D eigenvalue weighted by atomic mass is 35.5. The van der Waals surface area contributed by atoms with Gasteiger partial charge < -0.3 is 5.32 Å². The molecule has 0 saturated heterocycles. The highest BCUT2D eigenvalue weighted by molar-refractivity contribution is 7.89. The topological polar surface area (TPSA) is 101 Å². The van der Waals surface area contributed by atoms with Crippen molar-refractivity contribution in [1.29, 1.82) is 0 Å². The quantitative estimate of drug-likeness (QED) is 0.469. The van der Waals surface area contributed by atoms with Gasteiger partial charge in [0.25, 0.3) is 5.69 Å². The van der Waals surface area contributed by atoms with E-state index in [4.69, 9.17) is 11.6 Å². The summed E-state index contributed by atoms with van der Waals surface area (Å²) >= 11 is 5.83. The molecular weight excluding hydrogens is 353 g/mol. The molecule has 0 spiro atoms. The molecule has 0 aromatic heterocycles. The highest BCUT2D eigenvalue weighted by Crippen LogP contribution is 2.26. The van der Waals surface area contributed by atoms with Crippen LogP contribution in [0.5, 0.6) is 0 Å². The Hall–Kier alpha value is -1.19. The number of sulfonamides is 1. The molecule has 0 atom stereocenters. The van der Waals surface area contributed by atoms with Crippen molar-refractivity contribution in [2.45, 2.75) is 11.3 Å². The van der Waals surface area contributed by atoms with Gasteiger partial charge in [0, 0.05) is 25.2 Å². The first-order valence-corrected chi connectivity index (χ1v) is 8.08. The molecule has 1 heterocycles. The largest absolute Gasteiger partial charge is 0.313 e. The molecule has 0 unspecified atom stereocenters. The number of hydrogen-bond donors (Lipinski definition) is 2. The summed E-state index contributed by atoms with van der Waals surface area (Å²) in [4.78, 5) is 9.82. The van der Waals surface area contributed by atoms with Gasteiger partial charge in [-0.25, -0.2) is 13.1 Å². The second kappa shape index (κ2) is 7.89. The minimum atomic E-state index is -3.80. The molecule has 0 aliphatic carbocycles. The predicted octanol–water partition coefficient (Wildman–Crippen LogP) is 1.87. The zero-order valence-corrected chi connectivity index (χ0v) is 13.8. The molecule has 1 aromatic carbocycles. The van der Waals surface area contributed by atoms with Crippen LogP contribution in [-0.4, -0.2) is 33.0 Å². The van der Waals surface area contributed by atoms with Gasteiger partial charge in [0.2, 0.25) is 10.0 Å². The van der Waals surface area contributed by atoms with Gasteiger partial charge in [-0.05, 0) is 19.0 Å². The molecule has 0 saturated carbocycles. The van der Waals surface area contributed by atoms with Crippen LogP contribution >= 0.6 is 24.0 Å². The van der Waals surface area contributed by atoms with E-state index in [9.17, 15) is 18.5 Å². The summed E-state index contributed by atoms with van der Waals surface area (Å²) in [6, 6.07) is 3.28. The lowest BCUT2D eigenvalue weighted by molar-refractivity contribution is -0.384. The summed E-state index contributed by atoms with van der Waals surface area (Å²) < 4.78 is 26.8. The third-order valence-electron chi connectivity index (χ3n) is 3.06. The maximum atomic E-state index is 12.2. The maximum Gasteiger partial charge on any atom is 0.271 e. The van der Waals surface area contributed by atoms with E-state index in [1.165, 1.54) is 0 Å². The van der Waals surface area contributed by atoms with Crippen LogP contribution in [0.2, 0.25) is 5.02 Å². The molecule has 7 nitrogen and oxygen atoms in total. The van der Waals surface area contributed by atoms with E-state index in [-0.39, 0.29) is 34.6 Å². The molecular formula is C12H15Cl2N3O4S. The molecule has 0 radical (unpaired) electrons. The van der Waals surface area contributed by atoms with Crippen LogP contribution in [0.3, 0.4) is 0 Å². The minimum Gasteiger partial charge on any atom is -0.313 e. The van der Waals surface area contributed by atoms with Gasteiger partial charge in [-0.1, -0.05) is 23.3 Å². The SMILES string of the molecule is Cl.O=[N+]([O-])c1ccc(S(=O)(=O)NCC2=CCNCC2)c(Cl)c1. The number of benzene rings is 1. The average molecular weight is 368 g/mol. The fourth-order valence-corrected chi connectivity index (χ4v) is 3.49. The lowest BCUT2D eigenvalue weighted by Gasteiger charge is -2.15. The number of nitro groups is 1. The number of rotatable bonds is 5. The molecule has 1 aliphatic rings. The Bertz CT molecular complexity index is 692. The van der Waals surface area contributed by atoms with Crippen LogP contribution in [-0.2, 0) is 10.0 Å². The molecule has 2 rings (SSSR count). The summed E-state index contributed by atoms with van der Waals surface area (Å²) in [6.07, 6.45) is 2.71. The second-order valence-electron chi connectivity index (χ2n) is 4.51. The number of nitrogens with zero attached hydrogens (tertiary/aromatic N) is 1. The van der Waals surface area contributed by atoms with E-state index in [0.29, 0.717) is 0 Å². The van der Waals surface area contributed by atoms with Gasteiger partial charge >= 0.3 is 0 Å². The molecule has 0 bridgehead atoms. The lowest BCUT2D eigenvalue weighted by Crippen LogP contribution is -2.29. The zero-order chi connectivity index (χ0) is 15.5. The average Bonchev–Trinajstić information content (AvgIpc) is 2.46. The number of halogens is 2. The number of nitro benzene ring substituents is 1. The Labute approximate surface area is 139 Å². The lowest BCUT2D eigenvalue weighted by atomic mass is 10.1. The first-order chi connectivity index (χ1) is 9.90. The summed E-state index contributed by atoms with van der Waals surface area (Å²) in [5, 5.41) is 13.6. The first kappa shape index (κ1) is 18.9. The number of hydrogen-bond acceptors (Lipinski definition) is 5. The molecule has 2 N–H and O–H groups in total. The monoisotopic (exact) mass is 367 g/mol. The van der Waals surface area contributed by atoms with E-state index >= 15 is 0 Å². The van der Waals surface area contributed by atoms with Crippen molar-refractivity contribution in [3.63, 3.8) is 0 Å². The van der Waals surface area contributed by atoms with Gasteiger partial charge in [-0.15, -0.1) is 12.4 Å². The summed E-state index contributed by atoms with van der Waals surface area (Å²) in [5.41, 5.74) is 0.746. The van der Waals surface area contributed by atoms with E-state index in [1.54, 1.807) is 0 Å². The number of nitrogens with one attached hydrogen (secondary N) is 2. The van der Waals surface area contributed by atoms with Crippen molar-refractivity contribution in [3.8, 4) is 0 Å². The number of non-ortho nitro benzene ring substituents is 1. The molecule has 1 aromatic rings. The van der Waals surface area contributed by atoms with Crippen LogP contribution in [0, 0.1) is 10.1 Å². The van der Waals surface area contributed by atoms with E-state index in [1.807, 2.05) is 6.08 Å². The fraction of sp³-hybridized carbons (Fsp3) is 0.333. The van der Waals surface area contributed by atoms with Gasteiger partial charge in [0.1, 0.15) is 4.90 Å². The van der Waals surface area contributed by atoms with Crippen LogP contribution < -0.4 is 10.0 Å². The maximum absolute atomic E-state index is 12.2. The van der Waals surface area contributed by atoms with E-state index < -0.39 is 14.9 Å². The first-order valence-electron chi connectivity index (χ1n) is 6.22. The molecule has 10 heteroatoms. The third kappa shape index (κ3) is 4.65. The minimum absolute atomic E-state index is 0. The van der Waals surface area contributed by atoms with Crippen molar-refractivity contribution >= 4 is 39.7 Å². The highest BCUT2D eigenvalue weighted by Gasteiger charge is 2.20. The fourth-order valence-electron chi connectivity index (χ4n) is 1.92. The Balaban J connectivity index is 0.00000242. The van der Waals surface area contributed by atoms with Gasteiger partial charge in [0.05, 0.1) is 9.95 Å². The van der Waals surface area contributed by atoms with E-state index in [0.717, 1.165) is 43.3 Å². The van der Waals surface area contributed by atoms with Gasteiger partial charge in [-0.2, -0.15) is 0 Å². The van der Waals surface area contributed by atoms with Crippen LogP contribution in [0.25, 0.3) is 0 Å². The normalized spacial score (nSPS) is 14.9. The predicted molar refractivity (Wildman–Crippen MR) is 86.1 cm³/mol. The smallest absolute Gasteiger partial charge is 0.271 e. The van der Waals surface area contributed by atoms with Crippen LogP contribution in [0.1, 0.15) is 6.42 Å².